The van der Waals surface area contributed by atoms with Crippen molar-refractivity contribution in [1.29, 1.82) is 0 Å². The summed E-state index contributed by atoms with van der Waals surface area (Å²) in [6, 6.07) is 8.10. The first-order valence-corrected chi connectivity index (χ1v) is 6.46. The first-order valence-electron chi connectivity index (χ1n) is 6.46. The van der Waals surface area contributed by atoms with Gasteiger partial charge in [0.05, 0.1) is 22.6 Å². The van der Waals surface area contributed by atoms with Gasteiger partial charge in [-0.1, -0.05) is 17.7 Å². The average molecular weight is 257 g/mol. The van der Waals surface area contributed by atoms with Crippen molar-refractivity contribution in [1.82, 2.24) is 15.1 Å². The van der Waals surface area contributed by atoms with Crippen LogP contribution in [0.25, 0.3) is 5.69 Å². The molecule has 1 aromatic carbocycles. The standard InChI is InChI=1S/C15H19N3O/c1-5-16-15(19)14-11(3)17-18(12(14)4)13-8-6-10(2)7-9-13/h6-9H,5H2,1-4H3,(H,16,19). The Hall–Kier alpha value is -2.10. The minimum atomic E-state index is -0.0594. The van der Waals surface area contributed by atoms with E-state index in [1.165, 1.54) is 5.56 Å². The van der Waals surface area contributed by atoms with Gasteiger partial charge in [-0.25, -0.2) is 4.68 Å². The zero-order chi connectivity index (χ0) is 14.0. The van der Waals surface area contributed by atoms with Crippen LogP contribution in [0.3, 0.4) is 0 Å². The molecule has 0 aliphatic carbocycles. The molecule has 0 bridgehead atoms. The molecule has 1 amide bonds. The van der Waals surface area contributed by atoms with Crippen molar-refractivity contribution in [3.63, 3.8) is 0 Å². The number of rotatable bonds is 3. The van der Waals surface area contributed by atoms with Crippen LogP contribution in [0, 0.1) is 20.8 Å². The van der Waals surface area contributed by atoms with Crippen LogP contribution in [0.1, 0.15) is 34.2 Å². The molecule has 100 valence electrons. The number of nitrogens with one attached hydrogen (secondary N) is 1. The first-order chi connectivity index (χ1) is 9.04. The van der Waals surface area contributed by atoms with E-state index < -0.39 is 0 Å². The van der Waals surface area contributed by atoms with Gasteiger partial charge in [0, 0.05) is 6.54 Å². The summed E-state index contributed by atoms with van der Waals surface area (Å²) >= 11 is 0. The molecule has 0 aliphatic rings. The highest BCUT2D eigenvalue weighted by atomic mass is 16.1. The summed E-state index contributed by atoms with van der Waals surface area (Å²) in [5, 5.41) is 7.29. The molecule has 0 unspecified atom stereocenters. The van der Waals surface area contributed by atoms with E-state index in [4.69, 9.17) is 0 Å². The van der Waals surface area contributed by atoms with E-state index in [-0.39, 0.29) is 5.91 Å². The van der Waals surface area contributed by atoms with Gasteiger partial charge in [0.15, 0.2) is 0 Å². The Bertz CT molecular complexity index is 597. The molecular formula is C15H19N3O. The fraction of sp³-hybridized carbons (Fsp3) is 0.333. The molecule has 2 rings (SSSR count). The highest BCUT2D eigenvalue weighted by Crippen LogP contribution is 2.18. The molecular weight excluding hydrogens is 238 g/mol. The number of benzene rings is 1. The lowest BCUT2D eigenvalue weighted by atomic mass is 10.2. The minimum Gasteiger partial charge on any atom is -0.352 e. The maximum absolute atomic E-state index is 12.0. The second-order valence-electron chi connectivity index (χ2n) is 4.65. The summed E-state index contributed by atoms with van der Waals surface area (Å²) in [6.45, 7) is 8.36. The van der Waals surface area contributed by atoms with Crippen LogP contribution in [-0.2, 0) is 0 Å². The fourth-order valence-corrected chi connectivity index (χ4v) is 2.16. The smallest absolute Gasteiger partial charge is 0.255 e. The van der Waals surface area contributed by atoms with Crippen molar-refractivity contribution in [2.45, 2.75) is 27.7 Å². The van der Waals surface area contributed by atoms with Crippen molar-refractivity contribution < 1.29 is 4.79 Å². The number of aryl methyl sites for hydroxylation is 2. The van der Waals surface area contributed by atoms with Crippen LogP contribution in [-0.4, -0.2) is 22.2 Å². The first kappa shape index (κ1) is 13.3. The number of carbonyl (C=O) groups is 1. The van der Waals surface area contributed by atoms with Crippen molar-refractivity contribution in [3.8, 4) is 5.69 Å². The maximum Gasteiger partial charge on any atom is 0.255 e. The highest BCUT2D eigenvalue weighted by Gasteiger charge is 2.18. The summed E-state index contributed by atoms with van der Waals surface area (Å²) in [5.74, 6) is -0.0594. The van der Waals surface area contributed by atoms with E-state index in [1.54, 1.807) is 0 Å². The Morgan fingerprint density at radius 3 is 2.42 bits per heavy atom. The monoisotopic (exact) mass is 257 g/mol. The predicted octanol–water partition coefficient (Wildman–Crippen LogP) is 2.55. The zero-order valence-electron chi connectivity index (χ0n) is 11.8. The van der Waals surface area contributed by atoms with Crippen LogP contribution < -0.4 is 5.32 Å². The molecule has 0 spiro atoms. The van der Waals surface area contributed by atoms with Gasteiger partial charge in [-0.05, 0) is 39.8 Å². The van der Waals surface area contributed by atoms with Gasteiger partial charge in [-0.3, -0.25) is 4.79 Å². The van der Waals surface area contributed by atoms with Crippen LogP contribution in [0.5, 0.6) is 0 Å². The summed E-state index contributed by atoms with van der Waals surface area (Å²) in [6.07, 6.45) is 0. The average Bonchev–Trinajstić information content (AvgIpc) is 2.66. The molecule has 0 fully saturated rings. The topological polar surface area (TPSA) is 46.9 Å². The van der Waals surface area contributed by atoms with Gasteiger partial charge in [0.1, 0.15) is 0 Å². The number of aromatic nitrogens is 2. The zero-order valence-corrected chi connectivity index (χ0v) is 11.8. The Morgan fingerprint density at radius 2 is 1.84 bits per heavy atom. The lowest BCUT2D eigenvalue weighted by Crippen LogP contribution is -2.23. The minimum absolute atomic E-state index is 0.0594. The number of carbonyl (C=O) groups excluding carboxylic acids is 1. The number of hydrogen-bond donors (Lipinski definition) is 1. The van der Waals surface area contributed by atoms with E-state index in [0.29, 0.717) is 12.1 Å². The highest BCUT2D eigenvalue weighted by molar-refractivity contribution is 5.96. The lowest BCUT2D eigenvalue weighted by Gasteiger charge is -2.06. The summed E-state index contributed by atoms with van der Waals surface area (Å²) in [4.78, 5) is 12.0. The Morgan fingerprint density at radius 1 is 1.21 bits per heavy atom. The van der Waals surface area contributed by atoms with E-state index in [9.17, 15) is 4.79 Å². The third-order valence-corrected chi connectivity index (χ3v) is 3.13. The van der Waals surface area contributed by atoms with Gasteiger partial charge in [-0.2, -0.15) is 5.10 Å². The van der Waals surface area contributed by atoms with Crippen molar-refractivity contribution in [3.05, 3.63) is 46.8 Å². The molecule has 0 saturated heterocycles. The van der Waals surface area contributed by atoms with Crippen LogP contribution in [0.15, 0.2) is 24.3 Å². The van der Waals surface area contributed by atoms with Crippen molar-refractivity contribution in [2.24, 2.45) is 0 Å². The van der Waals surface area contributed by atoms with Gasteiger partial charge >= 0.3 is 0 Å². The number of amides is 1. The fourth-order valence-electron chi connectivity index (χ4n) is 2.16. The number of hydrogen-bond acceptors (Lipinski definition) is 2. The van der Waals surface area contributed by atoms with Crippen LogP contribution in [0.2, 0.25) is 0 Å². The summed E-state index contributed by atoms with van der Waals surface area (Å²) in [7, 11) is 0. The molecule has 4 heteroatoms. The quantitative estimate of drug-likeness (QED) is 0.918. The predicted molar refractivity (Wildman–Crippen MR) is 75.8 cm³/mol. The van der Waals surface area contributed by atoms with Gasteiger partial charge in [-0.15, -0.1) is 0 Å². The second kappa shape index (κ2) is 5.26. The third-order valence-electron chi connectivity index (χ3n) is 3.13. The molecule has 4 nitrogen and oxygen atoms in total. The van der Waals surface area contributed by atoms with Crippen molar-refractivity contribution in [2.75, 3.05) is 6.54 Å². The second-order valence-corrected chi connectivity index (χ2v) is 4.65. The molecule has 0 saturated carbocycles. The number of nitrogens with zero attached hydrogens (tertiary/aromatic N) is 2. The molecule has 0 aliphatic heterocycles. The Kier molecular flexibility index (Phi) is 3.69. The molecule has 2 aromatic rings. The molecule has 1 N–H and O–H groups in total. The normalized spacial score (nSPS) is 10.5. The van der Waals surface area contributed by atoms with E-state index in [2.05, 4.69) is 10.4 Å². The third kappa shape index (κ3) is 2.52. The molecule has 1 heterocycles. The molecule has 0 radical (unpaired) electrons. The van der Waals surface area contributed by atoms with Gasteiger partial charge in [0.25, 0.3) is 5.91 Å². The molecule has 1 aromatic heterocycles. The summed E-state index contributed by atoms with van der Waals surface area (Å²) < 4.78 is 1.82. The SMILES string of the molecule is CCNC(=O)c1c(C)nn(-c2ccc(C)cc2)c1C. The largest absolute Gasteiger partial charge is 0.352 e. The Balaban J connectivity index is 2.46. The van der Waals surface area contributed by atoms with E-state index >= 15 is 0 Å². The van der Waals surface area contributed by atoms with Crippen LogP contribution in [0.4, 0.5) is 0 Å². The molecule has 19 heavy (non-hydrogen) atoms. The van der Waals surface area contributed by atoms with Crippen LogP contribution >= 0.6 is 0 Å². The lowest BCUT2D eigenvalue weighted by molar-refractivity contribution is 0.0954. The van der Waals surface area contributed by atoms with Gasteiger partial charge < -0.3 is 5.32 Å². The molecule has 0 atom stereocenters. The van der Waals surface area contributed by atoms with E-state index in [0.717, 1.165) is 17.1 Å². The van der Waals surface area contributed by atoms with Crippen molar-refractivity contribution >= 4 is 5.91 Å². The van der Waals surface area contributed by atoms with E-state index in [1.807, 2.05) is 56.6 Å². The summed E-state index contributed by atoms with van der Waals surface area (Å²) in [5.41, 5.74) is 4.47. The maximum atomic E-state index is 12.0. The van der Waals surface area contributed by atoms with Gasteiger partial charge in [0.2, 0.25) is 0 Å². The Labute approximate surface area is 113 Å².